The number of nitrogens with zero attached hydrogens (tertiary/aromatic N) is 3. The molecule has 1 aliphatic carbocycles. The van der Waals surface area contributed by atoms with Gasteiger partial charge < -0.3 is 9.88 Å². The van der Waals surface area contributed by atoms with E-state index in [1.54, 1.807) is 6.33 Å². The monoisotopic (exact) mass is 284 g/mol. The molecule has 0 amide bonds. The van der Waals surface area contributed by atoms with E-state index in [9.17, 15) is 8.42 Å². The molecule has 106 valence electrons. The first-order valence-electron chi connectivity index (χ1n) is 6.96. The molecule has 1 aromatic heterocycles. The van der Waals surface area contributed by atoms with E-state index in [1.165, 1.54) is 25.7 Å². The van der Waals surface area contributed by atoms with Gasteiger partial charge in [-0.15, -0.1) is 10.2 Å². The number of hydrogen-bond acceptors (Lipinski definition) is 5. The Bertz CT molecular complexity index is 534. The van der Waals surface area contributed by atoms with Gasteiger partial charge in [-0.2, -0.15) is 0 Å². The minimum atomic E-state index is -2.89. The third-order valence-electron chi connectivity index (χ3n) is 4.10. The molecule has 2 fully saturated rings. The maximum absolute atomic E-state index is 11.6. The summed E-state index contributed by atoms with van der Waals surface area (Å²) in [5, 5.41) is 11.5. The first-order chi connectivity index (χ1) is 9.14. The summed E-state index contributed by atoms with van der Waals surface area (Å²) in [7, 11) is -2.89. The second kappa shape index (κ2) is 5.20. The molecule has 6 nitrogen and oxygen atoms in total. The average Bonchev–Trinajstić information content (AvgIpc) is 2.96. The lowest BCUT2D eigenvalue weighted by Gasteiger charge is -2.24. The number of aromatic nitrogens is 3. The highest BCUT2D eigenvalue weighted by Crippen LogP contribution is 2.30. The van der Waals surface area contributed by atoms with Gasteiger partial charge in [-0.1, -0.05) is 12.8 Å². The summed E-state index contributed by atoms with van der Waals surface area (Å²) in [6.07, 6.45) is 7.33. The van der Waals surface area contributed by atoms with Crippen LogP contribution in [0.15, 0.2) is 6.33 Å². The molecule has 2 aliphatic rings. The fraction of sp³-hybridized carbons (Fsp3) is 0.833. The second-order valence-corrected chi connectivity index (χ2v) is 7.79. The SMILES string of the molecule is O=S1(=O)CCNC(Cc2nncn2C2CCCC2)C1. The van der Waals surface area contributed by atoms with Crippen LogP contribution in [0.5, 0.6) is 0 Å². The lowest BCUT2D eigenvalue weighted by molar-refractivity contribution is 0.463. The highest BCUT2D eigenvalue weighted by atomic mass is 32.2. The van der Waals surface area contributed by atoms with Crippen molar-refractivity contribution in [2.45, 2.75) is 44.2 Å². The molecule has 19 heavy (non-hydrogen) atoms. The molecule has 1 aromatic rings. The van der Waals surface area contributed by atoms with Gasteiger partial charge in [0.2, 0.25) is 0 Å². The summed E-state index contributed by atoms with van der Waals surface area (Å²) in [5.74, 6) is 1.38. The Kier molecular flexibility index (Phi) is 3.58. The average molecular weight is 284 g/mol. The molecule has 1 N–H and O–H groups in total. The molecule has 1 saturated carbocycles. The molecule has 3 rings (SSSR count). The Hall–Kier alpha value is -0.950. The van der Waals surface area contributed by atoms with Crippen molar-refractivity contribution in [3.8, 4) is 0 Å². The lowest BCUT2D eigenvalue weighted by Crippen LogP contribution is -2.46. The van der Waals surface area contributed by atoms with E-state index in [0.29, 0.717) is 19.0 Å². The van der Waals surface area contributed by atoms with Crippen molar-refractivity contribution < 1.29 is 8.42 Å². The quantitative estimate of drug-likeness (QED) is 0.865. The molecular weight excluding hydrogens is 264 g/mol. The van der Waals surface area contributed by atoms with Gasteiger partial charge in [0.05, 0.1) is 11.5 Å². The van der Waals surface area contributed by atoms with Crippen LogP contribution in [0, 0.1) is 0 Å². The van der Waals surface area contributed by atoms with Crippen molar-refractivity contribution in [1.82, 2.24) is 20.1 Å². The minimum absolute atomic E-state index is 0.0249. The van der Waals surface area contributed by atoms with Crippen LogP contribution in [-0.2, 0) is 16.3 Å². The summed E-state index contributed by atoms with van der Waals surface area (Å²) in [5.41, 5.74) is 0. The number of rotatable bonds is 3. The van der Waals surface area contributed by atoms with Gasteiger partial charge in [0.25, 0.3) is 0 Å². The van der Waals surface area contributed by atoms with Crippen molar-refractivity contribution in [3.05, 3.63) is 12.2 Å². The van der Waals surface area contributed by atoms with Gasteiger partial charge in [-0.3, -0.25) is 0 Å². The van der Waals surface area contributed by atoms with Crippen molar-refractivity contribution >= 4 is 9.84 Å². The highest BCUT2D eigenvalue weighted by molar-refractivity contribution is 7.91. The molecule has 1 unspecified atom stereocenters. The van der Waals surface area contributed by atoms with E-state index in [2.05, 4.69) is 20.1 Å². The first kappa shape index (κ1) is 13.1. The summed E-state index contributed by atoms with van der Waals surface area (Å²) >= 11 is 0. The third kappa shape index (κ3) is 2.97. The van der Waals surface area contributed by atoms with Gasteiger partial charge in [0.1, 0.15) is 12.2 Å². The predicted octanol–water partition coefficient (Wildman–Crippen LogP) is 0.322. The van der Waals surface area contributed by atoms with Crippen LogP contribution >= 0.6 is 0 Å². The largest absolute Gasteiger partial charge is 0.314 e. The maximum Gasteiger partial charge on any atom is 0.153 e. The van der Waals surface area contributed by atoms with Crippen molar-refractivity contribution in [2.75, 3.05) is 18.1 Å². The Labute approximate surface area is 113 Å². The van der Waals surface area contributed by atoms with Gasteiger partial charge in [-0.05, 0) is 12.8 Å². The van der Waals surface area contributed by atoms with Crippen LogP contribution in [0.2, 0.25) is 0 Å². The number of sulfone groups is 1. The third-order valence-corrected chi connectivity index (χ3v) is 5.83. The van der Waals surface area contributed by atoms with Crippen molar-refractivity contribution in [1.29, 1.82) is 0 Å². The highest BCUT2D eigenvalue weighted by Gasteiger charge is 2.27. The van der Waals surface area contributed by atoms with E-state index >= 15 is 0 Å². The molecule has 0 aromatic carbocycles. The summed E-state index contributed by atoms with van der Waals surface area (Å²) in [6.45, 7) is 0.546. The van der Waals surface area contributed by atoms with E-state index in [-0.39, 0.29) is 17.5 Å². The number of nitrogens with one attached hydrogen (secondary N) is 1. The molecular formula is C12H20N4O2S. The van der Waals surface area contributed by atoms with E-state index in [0.717, 1.165) is 5.82 Å². The summed E-state index contributed by atoms with van der Waals surface area (Å²) in [4.78, 5) is 0. The molecule has 1 atom stereocenters. The molecule has 1 aliphatic heterocycles. The van der Waals surface area contributed by atoms with Crippen LogP contribution in [0.4, 0.5) is 0 Å². The molecule has 0 spiro atoms. The molecule has 2 heterocycles. The lowest BCUT2D eigenvalue weighted by atomic mass is 10.2. The van der Waals surface area contributed by atoms with Crippen LogP contribution in [-0.4, -0.2) is 47.3 Å². The fourth-order valence-corrected chi connectivity index (χ4v) is 4.56. The van der Waals surface area contributed by atoms with Crippen LogP contribution in [0.3, 0.4) is 0 Å². The van der Waals surface area contributed by atoms with E-state index in [4.69, 9.17) is 0 Å². The maximum atomic E-state index is 11.6. The molecule has 1 saturated heterocycles. The molecule has 0 radical (unpaired) electrons. The Morgan fingerprint density at radius 2 is 2.16 bits per heavy atom. The van der Waals surface area contributed by atoms with Gasteiger partial charge in [0.15, 0.2) is 9.84 Å². The fourth-order valence-electron chi connectivity index (χ4n) is 3.12. The standard InChI is InChI=1S/C12H20N4O2S/c17-19(18)6-5-13-10(8-19)7-12-15-14-9-16(12)11-3-1-2-4-11/h9-11,13H,1-8H2. The second-order valence-electron chi connectivity index (χ2n) is 5.56. The van der Waals surface area contributed by atoms with Crippen LogP contribution < -0.4 is 5.32 Å². The minimum Gasteiger partial charge on any atom is -0.314 e. The van der Waals surface area contributed by atoms with Crippen LogP contribution in [0.25, 0.3) is 0 Å². The van der Waals surface area contributed by atoms with Crippen molar-refractivity contribution in [2.24, 2.45) is 0 Å². The zero-order valence-corrected chi connectivity index (χ0v) is 11.8. The zero-order valence-electron chi connectivity index (χ0n) is 11.0. The normalized spacial score (nSPS) is 27.7. The Balaban J connectivity index is 1.71. The van der Waals surface area contributed by atoms with Gasteiger partial charge >= 0.3 is 0 Å². The molecule has 0 bridgehead atoms. The van der Waals surface area contributed by atoms with Gasteiger partial charge in [0, 0.05) is 25.0 Å². The van der Waals surface area contributed by atoms with E-state index in [1.807, 2.05) is 0 Å². The van der Waals surface area contributed by atoms with Gasteiger partial charge in [-0.25, -0.2) is 8.42 Å². The van der Waals surface area contributed by atoms with Crippen molar-refractivity contribution in [3.63, 3.8) is 0 Å². The summed E-state index contributed by atoms with van der Waals surface area (Å²) < 4.78 is 25.4. The first-order valence-corrected chi connectivity index (χ1v) is 8.78. The Morgan fingerprint density at radius 3 is 2.89 bits per heavy atom. The topological polar surface area (TPSA) is 76.9 Å². The van der Waals surface area contributed by atoms with E-state index < -0.39 is 9.84 Å². The smallest absolute Gasteiger partial charge is 0.153 e. The Morgan fingerprint density at radius 1 is 1.37 bits per heavy atom. The molecule has 7 heteroatoms. The van der Waals surface area contributed by atoms with Crippen LogP contribution in [0.1, 0.15) is 37.5 Å². The zero-order chi connectivity index (χ0) is 13.3. The predicted molar refractivity (Wildman–Crippen MR) is 71.7 cm³/mol. The summed E-state index contributed by atoms with van der Waals surface area (Å²) in [6, 6.07) is 0.480. The number of hydrogen-bond donors (Lipinski definition) is 1.